The average Bonchev–Trinajstić information content (AvgIpc) is 2.70. The van der Waals surface area contributed by atoms with Gasteiger partial charge in [0.25, 0.3) is 0 Å². The summed E-state index contributed by atoms with van der Waals surface area (Å²) < 4.78 is 25.3. The molecule has 5 atom stereocenters. The van der Waals surface area contributed by atoms with Crippen molar-refractivity contribution < 1.29 is 18.6 Å². The molecule has 0 aromatic carbocycles. The van der Waals surface area contributed by atoms with Gasteiger partial charge in [0.05, 0.1) is 24.2 Å². The Bertz CT molecular complexity index is 548. The van der Waals surface area contributed by atoms with Crippen LogP contribution in [0.25, 0.3) is 0 Å². The highest BCUT2D eigenvalue weighted by atomic mass is 28.4. The number of ether oxygens (including phenoxy) is 3. The van der Waals surface area contributed by atoms with E-state index in [-0.39, 0.29) is 17.6 Å². The van der Waals surface area contributed by atoms with E-state index in [0.717, 1.165) is 6.42 Å². The lowest BCUT2D eigenvalue weighted by Crippen LogP contribution is -2.67. The zero-order valence-electron chi connectivity index (χ0n) is 16.1. The van der Waals surface area contributed by atoms with Gasteiger partial charge in [-0.15, -0.1) is 0 Å². The topological polar surface area (TPSA) is 36.9 Å². The maximum Gasteiger partial charge on any atom is 0.197 e. The first-order chi connectivity index (χ1) is 11.1. The second-order valence-electron chi connectivity index (χ2n) is 8.51. The Kier molecular flexibility index (Phi) is 4.41. The predicted molar refractivity (Wildman–Crippen MR) is 97.4 cm³/mol. The molecule has 0 spiro atoms. The third-order valence-electron chi connectivity index (χ3n) is 6.58. The van der Waals surface area contributed by atoms with Crippen LogP contribution in [0, 0.1) is 5.41 Å². The summed E-state index contributed by atoms with van der Waals surface area (Å²) in [4.78, 5) is 0. The van der Waals surface area contributed by atoms with Crippen molar-refractivity contribution in [3.05, 3.63) is 24.3 Å². The van der Waals surface area contributed by atoms with Gasteiger partial charge in [-0.2, -0.15) is 0 Å². The summed E-state index contributed by atoms with van der Waals surface area (Å²) >= 11 is 0. The van der Waals surface area contributed by atoms with Crippen LogP contribution in [0.4, 0.5) is 0 Å². The van der Waals surface area contributed by atoms with E-state index in [2.05, 4.69) is 58.2 Å². The molecule has 2 heterocycles. The first-order valence-electron chi connectivity index (χ1n) is 8.97. The first kappa shape index (κ1) is 18.3. The first-order valence-corrected chi connectivity index (χ1v) is 12.0. The van der Waals surface area contributed by atoms with Gasteiger partial charge in [-0.25, -0.2) is 0 Å². The van der Waals surface area contributed by atoms with Gasteiger partial charge in [0.2, 0.25) is 0 Å². The molecular formula is C19H32O4Si. The Morgan fingerprint density at radius 2 is 1.75 bits per heavy atom. The number of hydrogen-bond donors (Lipinski definition) is 0. The minimum Gasteiger partial charge on any atom is -0.410 e. The van der Waals surface area contributed by atoms with Crippen LogP contribution in [-0.4, -0.2) is 45.6 Å². The molecule has 2 aliphatic heterocycles. The Balaban J connectivity index is 1.95. The Morgan fingerprint density at radius 1 is 1.12 bits per heavy atom. The van der Waals surface area contributed by atoms with E-state index in [1.165, 1.54) is 0 Å². The van der Waals surface area contributed by atoms with Crippen molar-refractivity contribution in [1.29, 1.82) is 0 Å². The fourth-order valence-corrected chi connectivity index (χ4v) is 7.01. The smallest absolute Gasteiger partial charge is 0.197 e. The monoisotopic (exact) mass is 352 g/mol. The van der Waals surface area contributed by atoms with Gasteiger partial charge in [0, 0.05) is 12.7 Å². The zero-order chi connectivity index (χ0) is 17.8. The summed E-state index contributed by atoms with van der Waals surface area (Å²) in [5.41, 5.74) is -0.399. The molecule has 3 aliphatic rings. The Hall–Kier alpha value is -0.463. The molecule has 2 bridgehead atoms. The van der Waals surface area contributed by atoms with E-state index in [9.17, 15) is 0 Å². The molecule has 2 fully saturated rings. The van der Waals surface area contributed by atoms with Gasteiger partial charge < -0.3 is 18.6 Å². The lowest BCUT2D eigenvalue weighted by molar-refractivity contribution is -0.320. The largest absolute Gasteiger partial charge is 0.410 e. The van der Waals surface area contributed by atoms with E-state index in [1.54, 1.807) is 7.11 Å². The maximum absolute atomic E-state index is 6.93. The number of fused-ring (bicyclic) bond motifs is 2. The molecule has 0 saturated carbocycles. The molecule has 136 valence electrons. The lowest BCUT2D eigenvalue weighted by atomic mass is 9.69. The normalized spacial score (nSPS) is 45.8. The predicted octanol–water partition coefficient (Wildman–Crippen LogP) is 4.04. The van der Waals surface area contributed by atoms with Crippen LogP contribution in [-0.2, 0) is 18.6 Å². The SMILES string of the molecule is COC1(C)OC[C@@]2(C)OC(C)C1(C)C2O[Si](C)(C)C1C=CCC=C1. The van der Waals surface area contributed by atoms with Gasteiger partial charge in [0.1, 0.15) is 5.60 Å². The molecule has 1 aliphatic carbocycles. The van der Waals surface area contributed by atoms with Crippen molar-refractivity contribution in [2.24, 2.45) is 5.41 Å². The highest BCUT2D eigenvalue weighted by molar-refractivity contribution is 6.73. The second-order valence-corrected chi connectivity index (χ2v) is 12.6. The Labute approximate surface area is 147 Å². The van der Waals surface area contributed by atoms with E-state index in [0.29, 0.717) is 12.1 Å². The quantitative estimate of drug-likeness (QED) is 0.565. The standard InChI is InChI=1S/C19H32O4Si/c1-14-18(3)16(17(2,22-14)13-21-19(18,4)20-5)23-24(6,7)15-11-9-8-10-12-15/h9-12,14-16H,8,13H2,1-7H3/t14?,16?,17-,18?,19?/m1/s1. The average molecular weight is 353 g/mol. The van der Waals surface area contributed by atoms with Gasteiger partial charge in [0.15, 0.2) is 14.1 Å². The molecule has 4 unspecified atom stereocenters. The zero-order valence-corrected chi connectivity index (χ0v) is 17.1. The molecule has 0 aromatic rings. The highest BCUT2D eigenvalue weighted by Gasteiger charge is 2.71. The molecule has 0 radical (unpaired) electrons. The van der Waals surface area contributed by atoms with Crippen molar-refractivity contribution in [3.63, 3.8) is 0 Å². The lowest BCUT2D eigenvalue weighted by Gasteiger charge is -2.54. The second kappa shape index (κ2) is 5.78. The van der Waals surface area contributed by atoms with E-state index >= 15 is 0 Å². The van der Waals surface area contributed by atoms with Crippen LogP contribution >= 0.6 is 0 Å². The molecule has 5 heteroatoms. The number of hydrogen-bond acceptors (Lipinski definition) is 4. The van der Waals surface area contributed by atoms with Crippen LogP contribution in [0.1, 0.15) is 34.1 Å². The van der Waals surface area contributed by atoms with Gasteiger partial charge >= 0.3 is 0 Å². The molecule has 24 heavy (non-hydrogen) atoms. The summed E-state index contributed by atoms with van der Waals surface area (Å²) in [7, 11) is -0.284. The molecule has 4 nitrogen and oxygen atoms in total. The molecule has 3 rings (SSSR count). The van der Waals surface area contributed by atoms with E-state index in [1.807, 2.05) is 6.92 Å². The van der Waals surface area contributed by atoms with Crippen molar-refractivity contribution >= 4 is 8.32 Å². The Morgan fingerprint density at radius 3 is 2.33 bits per heavy atom. The third kappa shape index (κ3) is 2.48. The van der Waals surface area contributed by atoms with Crippen LogP contribution < -0.4 is 0 Å². The molecule has 0 N–H and O–H groups in total. The van der Waals surface area contributed by atoms with Crippen LogP contribution in [0.5, 0.6) is 0 Å². The van der Waals surface area contributed by atoms with Crippen LogP contribution in [0.3, 0.4) is 0 Å². The fraction of sp³-hybridized carbons (Fsp3) is 0.789. The van der Waals surface area contributed by atoms with E-state index < -0.39 is 19.7 Å². The third-order valence-corrected chi connectivity index (χ3v) is 9.41. The minimum atomic E-state index is -2.00. The molecule has 2 saturated heterocycles. The van der Waals surface area contributed by atoms with Crippen LogP contribution in [0.2, 0.25) is 18.6 Å². The minimum absolute atomic E-state index is 0.00203. The summed E-state index contributed by atoms with van der Waals surface area (Å²) in [5, 5.41) is 0. The molecular weight excluding hydrogens is 320 g/mol. The van der Waals surface area contributed by atoms with Crippen molar-refractivity contribution in [2.75, 3.05) is 13.7 Å². The fourth-order valence-electron chi connectivity index (χ4n) is 4.55. The molecule has 0 aromatic heterocycles. The maximum atomic E-state index is 6.93. The number of rotatable bonds is 4. The van der Waals surface area contributed by atoms with Gasteiger partial charge in [-0.1, -0.05) is 24.3 Å². The van der Waals surface area contributed by atoms with Crippen molar-refractivity contribution in [1.82, 2.24) is 0 Å². The van der Waals surface area contributed by atoms with Crippen LogP contribution in [0.15, 0.2) is 24.3 Å². The van der Waals surface area contributed by atoms with Crippen molar-refractivity contribution in [2.45, 2.75) is 76.3 Å². The van der Waals surface area contributed by atoms with Crippen molar-refractivity contribution in [3.8, 4) is 0 Å². The summed E-state index contributed by atoms with van der Waals surface area (Å²) in [6.07, 6.45) is 10.1. The van der Waals surface area contributed by atoms with Gasteiger partial charge in [-0.05, 0) is 47.2 Å². The van der Waals surface area contributed by atoms with Gasteiger partial charge in [-0.3, -0.25) is 0 Å². The summed E-state index contributed by atoms with van der Waals surface area (Å²) in [6.45, 7) is 13.5. The number of methoxy groups -OCH3 is 1. The number of allylic oxidation sites excluding steroid dienone is 4. The summed E-state index contributed by atoms with van der Waals surface area (Å²) in [5.74, 6) is -0.712. The highest BCUT2D eigenvalue weighted by Crippen LogP contribution is 2.58. The summed E-state index contributed by atoms with van der Waals surface area (Å²) in [6, 6.07) is 0. The van der Waals surface area contributed by atoms with E-state index in [4.69, 9.17) is 18.6 Å². The molecule has 0 amide bonds.